The number of amides is 1. The summed E-state index contributed by atoms with van der Waals surface area (Å²) in [4.78, 5) is 24.3. The van der Waals surface area contributed by atoms with Gasteiger partial charge in [-0.1, -0.05) is 48.5 Å². The Morgan fingerprint density at radius 2 is 1.63 bits per heavy atom. The van der Waals surface area contributed by atoms with Crippen molar-refractivity contribution in [3.8, 4) is 11.1 Å². The number of esters is 1. The Balaban J connectivity index is 1.49. The first-order valence-corrected chi connectivity index (χ1v) is 9.35. The molecule has 0 aliphatic heterocycles. The molecule has 0 spiro atoms. The van der Waals surface area contributed by atoms with E-state index in [-0.39, 0.29) is 12.5 Å². The lowest BCUT2D eigenvalue weighted by Crippen LogP contribution is -2.18. The molecule has 1 amide bonds. The number of ether oxygens (including phenoxy) is 2. The molecule has 1 N–H and O–H groups in total. The Bertz CT molecular complexity index is 965. The molecular weight excluding hydrogens is 362 g/mol. The number of hydrogen-bond donors (Lipinski definition) is 1. The van der Waals surface area contributed by atoms with E-state index in [2.05, 4.69) is 29.6 Å². The van der Waals surface area contributed by atoms with Crippen molar-refractivity contribution in [2.24, 2.45) is 0 Å². The smallest absolute Gasteiger partial charge is 0.411 e. The molecule has 3 aromatic rings. The van der Waals surface area contributed by atoms with Gasteiger partial charge in [0, 0.05) is 5.92 Å². The molecule has 2 aromatic carbocycles. The quantitative estimate of drug-likeness (QED) is 0.655. The van der Waals surface area contributed by atoms with Gasteiger partial charge in [0.1, 0.15) is 11.5 Å². The lowest BCUT2D eigenvalue weighted by molar-refractivity contribution is 0.0607. The van der Waals surface area contributed by atoms with Crippen molar-refractivity contribution in [1.82, 2.24) is 0 Å². The topological polar surface area (TPSA) is 64.6 Å². The van der Waals surface area contributed by atoms with Gasteiger partial charge in [-0.05, 0) is 33.7 Å². The molecule has 0 unspecified atom stereocenters. The Morgan fingerprint density at radius 3 is 2.26 bits per heavy atom. The third-order valence-electron chi connectivity index (χ3n) is 4.62. The number of carbonyl (C=O) groups is 2. The van der Waals surface area contributed by atoms with Gasteiger partial charge in [-0.3, -0.25) is 5.32 Å². The Labute approximate surface area is 160 Å². The van der Waals surface area contributed by atoms with E-state index in [0.29, 0.717) is 10.6 Å². The number of thiophene rings is 1. The van der Waals surface area contributed by atoms with Crippen molar-refractivity contribution in [1.29, 1.82) is 0 Å². The first-order chi connectivity index (χ1) is 13.2. The number of benzene rings is 2. The van der Waals surface area contributed by atoms with Gasteiger partial charge < -0.3 is 9.47 Å². The highest BCUT2D eigenvalue weighted by molar-refractivity contribution is 7.12. The summed E-state index contributed by atoms with van der Waals surface area (Å²) in [5, 5.41) is 4.34. The van der Waals surface area contributed by atoms with Crippen molar-refractivity contribution >= 4 is 29.1 Å². The fraction of sp³-hybridized carbons (Fsp3) is 0.143. The first kappa shape index (κ1) is 17.3. The highest BCUT2D eigenvalue weighted by atomic mass is 32.1. The highest BCUT2D eigenvalue weighted by Crippen LogP contribution is 2.44. The lowest BCUT2D eigenvalue weighted by atomic mass is 9.98. The first-order valence-electron chi connectivity index (χ1n) is 8.47. The summed E-state index contributed by atoms with van der Waals surface area (Å²) in [6, 6.07) is 18.0. The number of carbonyl (C=O) groups excluding carboxylic acids is 2. The zero-order valence-electron chi connectivity index (χ0n) is 14.6. The molecule has 0 saturated carbocycles. The van der Waals surface area contributed by atoms with Crippen LogP contribution in [0.3, 0.4) is 0 Å². The van der Waals surface area contributed by atoms with Crippen molar-refractivity contribution in [2.45, 2.75) is 5.92 Å². The van der Waals surface area contributed by atoms with Gasteiger partial charge in [0.25, 0.3) is 0 Å². The van der Waals surface area contributed by atoms with E-state index in [1.54, 1.807) is 11.4 Å². The highest BCUT2D eigenvalue weighted by Gasteiger charge is 2.29. The summed E-state index contributed by atoms with van der Waals surface area (Å²) in [6.45, 7) is 0.220. The normalized spacial score (nSPS) is 12.2. The third-order valence-corrected chi connectivity index (χ3v) is 5.51. The number of anilines is 1. The van der Waals surface area contributed by atoms with Crippen LogP contribution in [0, 0.1) is 0 Å². The van der Waals surface area contributed by atoms with E-state index < -0.39 is 12.1 Å². The van der Waals surface area contributed by atoms with Gasteiger partial charge >= 0.3 is 12.1 Å². The molecule has 0 radical (unpaired) electrons. The summed E-state index contributed by atoms with van der Waals surface area (Å²) in [5.41, 5.74) is 5.04. The van der Waals surface area contributed by atoms with Gasteiger partial charge in [0.2, 0.25) is 0 Å². The summed E-state index contributed by atoms with van der Waals surface area (Å²) in [7, 11) is 1.30. The Kier molecular flexibility index (Phi) is 4.64. The molecule has 1 heterocycles. The maximum atomic E-state index is 12.3. The fourth-order valence-corrected chi connectivity index (χ4v) is 4.17. The number of hydrogen-bond acceptors (Lipinski definition) is 5. The second-order valence-electron chi connectivity index (χ2n) is 6.11. The maximum Gasteiger partial charge on any atom is 0.411 e. The van der Waals surface area contributed by atoms with Crippen LogP contribution < -0.4 is 5.32 Å². The van der Waals surface area contributed by atoms with Gasteiger partial charge in [0.15, 0.2) is 0 Å². The van der Waals surface area contributed by atoms with E-state index in [0.717, 1.165) is 11.1 Å². The molecule has 1 aliphatic carbocycles. The van der Waals surface area contributed by atoms with Gasteiger partial charge in [-0.15, -0.1) is 11.3 Å². The summed E-state index contributed by atoms with van der Waals surface area (Å²) >= 11 is 1.20. The Morgan fingerprint density at radius 1 is 1.00 bits per heavy atom. The van der Waals surface area contributed by atoms with E-state index >= 15 is 0 Å². The van der Waals surface area contributed by atoms with E-state index in [1.807, 2.05) is 24.3 Å². The molecule has 0 saturated heterocycles. The predicted octanol–water partition coefficient (Wildman–Crippen LogP) is 4.90. The summed E-state index contributed by atoms with van der Waals surface area (Å²) < 4.78 is 10.2. The summed E-state index contributed by atoms with van der Waals surface area (Å²) in [5.74, 6) is -0.496. The van der Waals surface area contributed by atoms with E-state index in [1.165, 1.54) is 29.6 Å². The number of nitrogens with one attached hydrogen (secondary N) is 1. The van der Waals surface area contributed by atoms with E-state index in [4.69, 9.17) is 9.47 Å². The van der Waals surface area contributed by atoms with Crippen LogP contribution >= 0.6 is 11.3 Å². The van der Waals surface area contributed by atoms with Crippen LogP contribution in [0.5, 0.6) is 0 Å². The molecule has 4 rings (SSSR count). The molecule has 0 atom stereocenters. The average Bonchev–Trinajstić information content (AvgIpc) is 3.28. The summed E-state index contributed by atoms with van der Waals surface area (Å²) in [6.07, 6.45) is -0.597. The largest absolute Gasteiger partial charge is 0.465 e. The molecule has 5 nitrogen and oxygen atoms in total. The minimum Gasteiger partial charge on any atom is -0.465 e. The average molecular weight is 379 g/mol. The van der Waals surface area contributed by atoms with Crippen LogP contribution in [-0.2, 0) is 9.47 Å². The molecule has 0 fully saturated rings. The van der Waals surface area contributed by atoms with Gasteiger partial charge in [0.05, 0.1) is 12.8 Å². The van der Waals surface area contributed by atoms with Crippen LogP contribution in [0.25, 0.3) is 11.1 Å². The van der Waals surface area contributed by atoms with Crippen LogP contribution in [0.15, 0.2) is 60.0 Å². The minimum absolute atomic E-state index is 0.00861. The van der Waals surface area contributed by atoms with E-state index in [9.17, 15) is 9.59 Å². The number of rotatable bonds is 4. The zero-order valence-corrected chi connectivity index (χ0v) is 15.4. The second-order valence-corrected chi connectivity index (χ2v) is 7.02. The minimum atomic E-state index is -0.597. The standard InChI is InChI=1S/C21H17NO4S/c1-25-20(23)19-18(10-11-27-19)22-21(24)26-12-17-15-8-4-2-6-13(15)14-7-3-5-9-16(14)17/h2-11,17H,12H2,1H3,(H,22,24). The molecule has 6 heteroatoms. The van der Waals surface area contributed by atoms with Gasteiger partial charge in [-0.2, -0.15) is 0 Å². The van der Waals surface area contributed by atoms with Crippen molar-refractivity contribution in [3.05, 3.63) is 76.0 Å². The maximum absolute atomic E-state index is 12.3. The number of methoxy groups -OCH3 is 1. The van der Waals surface area contributed by atoms with Crippen LogP contribution in [0.1, 0.15) is 26.7 Å². The van der Waals surface area contributed by atoms with Crippen molar-refractivity contribution < 1.29 is 19.1 Å². The van der Waals surface area contributed by atoms with Gasteiger partial charge in [-0.25, -0.2) is 9.59 Å². The molecule has 27 heavy (non-hydrogen) atoms. The number of fused-ring (bicyclic) bond motifs is 3. The lowest BCUT2D eigenvalue weighted by Gasteiger charge is -2.14. The molecule has 0 bridgehead atoms. The SMILES string of the molecule is COC(=O)c1sccc1NC(=O)OCC1c2ccccc2-c2ccccc21. The Hall–Kier alpha value is -3.12. The monoisotopic (exact) mass is 379 g/mol. The van der Waals surface area contributed by atoms with Crippen LogP contribution in [0.4, 0.5) is 10.5 Å². The molecule has 1 aromatic heterocycles. The second kappa shape index (κ2) is 7.25. The van der Waals surface area contributed by atoms with Crippen molar-refractivity contribution in [2.75, 3.05) is 19.0 Å². The molecule has 1 aliphatic rings. The molecular formula is C21H17NO4S. The van der Waals surface area contributed by atoms with Crippen molar-refractivity contribution in [3.63, 3.8) is 0 Å². The van der Waals surface area contributed by atoms with Crippen LogP contribution in [-0.4, -0.2) is 25.8 Å². The zero-order chi connectivity index (χ0) is 18.8. The van der Waals surface area contributed by atoms with Crippen LogP contribution in [0.2, 0.25) is 0 Å². The molecule has 136 valence electrons. The third kappa shape index (κ3) is 3.19. The predicted molar refractivity (Wildman–Crippen MR) is 104 cm³/mol. The fourth-order valence-electron chi connectivity index (χ4n) is 3.40.